The summed E-state index contributed by atoms with van der Waals surface area (Å²) in [6.07, 6.45) is -2.19. The Kier molecular flexibility index (Phi) is 6.47. The van der Waals surface area contributed by atoms with Crippen LogP contribution in [0, 0.1) is 0 Å². The second kappa shape index (κ2) is 7.82. The zero-order valence-corrected chi connectivity index (χ0v) is 16.0. The molecular weight excluding hydrogens is 437 g/mol. The SMILES string of the molecule is C[C@H]1O[C@@H](n2ccc(=O)[nH]c2=O)C[C@@H]1OP(=O)(O)OP(=O)(O)OP(=O)(O)O. The number of phosphoric acid groups is 3. The minimum absolute atomic E-state index is 0.198. The largest absolute Gasteiger partial charge is 0.490 e. The van der Waals surface area contributed by atoms with Crippen molar-refractivity contribution in [2.24, 2.45) is 0 Å². The monoisotopic (exact) mass is 452 g/mol. The van der Waals surface area contributed by atoms with Crippen molar-refractivity contribution in [2.75, 3.05) is 0 Å². The third kappa shape index (κ3) is 6.56. The number of hydrogen-bond acceptors (Lipinski definition) is 9. The van der Waals surface area contributed by atoms with Crippen LogP contribution >= 0.6 is 23.5 Å². The molecule has 1 aliphatic rings. The maximum atomic E-state index is 11.8. The topological polar surface area (TPSA) is 224 Å². The highest BCUT2D eigenvalue weighted by Gasteiger charge is 2.45. The van der Waals surface area contributed by atoms with Gasteiger partial charge >= 0.3 is 29.2 Å². The van der Waals surface area contributed by atoms with Crippen LogP contribution < -0.4 is 11.2 Å². The molecule has 1 saturated heterocycles. The highest BCUT2D eigenvalue weighted by Crippen LogP contribution is 2.67. The summed E-state index contributed by atoms with van der Waals surface area (Å²) in [5.74, 6) is 0. The van der Waals surface area contributed by atoms with Gasteiger partial charge in [0, 0.05) is 18.7 Å². The lowest BCUT2D eigenvalue weighted by Gasteiger charge is -2.20. The van der Waals surface area contributed by atoms with Crippen LogP contribution in [0.25, 0.3) is 0 Å². The number of aromatic amines is 1. The average molecular weight is 452 g/mol. The second-order valence-electron chi connectivity index (χ2n) is 5.28. The van der Waals surface area contributed by atoms with Gasteiger partial charge in [-0.25, -0.2) is 18.5 Å². The summed E-state index contributed by atoms with van der Waals surface area (Å²) in [6.45, 7) is 1.39. The Morgan fingerprint density at radius 1 is 1.15 bits per heavy atom. The lowest BCUT2D eigenvalue weighted by atomic mass is 10.2. The maximum Gasteiger partial charge on any atom is 0.490 e. The molecular formula is C9H15N2O13P3. The Bertz CT molecular complexity index is 949. The first-order valence-corrected chi connectivity index (χ1v) is 11.5. The van der Waals surface area contributed by atoms with Gasteiger partial charge in [0.2, 0.25) is 0 Å². The first kappa shape index (κ1) is 22.3. The fourth-order valence-corrected chi connectivity index (χ4v) is 5.47. The number of rotatable bonds is 7. The molecule has 1 aliphatic heterocycles. The summed E-state index contributed by atoms with van der Waals surface area (Å²) in [4.78, 5) is 60.4. The maximum absolute atomic E-state index is 11.8. The number of phosphoric ester groups is 1. The van der Waals surface area contributed by atoms with Gasteiger partial charge in [0.05, 0.1) is 12.2 Å². The molecule has 0 aromatic carbocycles. The molecule has 154 valence electrons. The molecule has 0 radical (unpaired) electrons. The molecule has 2 rings (SSSR count). The third-order valence-electron chi connectivity index (χ3n) is 3.18. The van der Waals surface area contributed by atoms with E-state index in [2.05, 4.69) is 13.1 Å². The summed E-state index contributed by atoms with van der Waals surface area (Å²) in [7, 11) is -16.5. The summed E-state index contributed by atoms with van der Waals surface area (Å²) in [6, 6.07) is 1.05. The van der Waals surface area contributed by atoms with Crippen LogP contribution in [0.15, 0.2) is 21.9 Å². The van der Waals surface area contributed by atoms with Crippen LogP contribution in [-0.4, -0.2) is 41.3 Å². The van der Waals surface area contributed by atoms with E-state index in [1.807, 2.05) is 4.98 Å². The number of H-pyrrole nitrogens is 1. The van der Waals surface area contributed by atoms with Gasteiger partial charge in [0.15, 0.2) is 0 Å². The zero-order valence-electron chi connectivity index (χ0n) is 13.3. The zero-order chi connectivity index (χ0) is 20.6. The highest BCUT2D eigenvalue weighted by molar-refractivity contribution is 7.66. The van der Waals surface area contributed by atoms with E-state index in [0.717, 1.165) is 16.8 Å². The summed E-state index contributed by atoms with van der Waals surface area (Å²) in [5.41, 5.74) is -1.45. The lowest BCUT2D eigenvalue weighted by Crippen LogP contribution is -2.31. The van der Waals surface area contributed by atoms with Crippen LogP contribution in [0.1, 0.15) is 19.6 Å². The summed E-state index contributed by atoms with van der Waals surface area (Å²) < 4.78 is 52.0. The first-order valence-electron chi connectivity index (χ1n) is 6.97. The fraction of sp³-hybridized carbons (Fsp3) is 0.556. The van der Waals surface area contributed by atoms with Crippen molar-refractivity contribution in [2.45, 2.75) is 31.8 Å². The first-order chi connectivity index (χ1) is 12.2. The summed E-state index contributed by atoms with van der Waals surface area (Å²) in [5, 5.41) is 0. The number of nitrogens with one attached hydrogen (secondary N) is 1. The number of nitrogens with zero attached hydrogens (tertiary/aromatic N) is 1. The molecule has 0 aliphatic carbocycles. The van der Waals surface area contributed by atoms with Crippen molar-refractivity contribution in [3.05, 3.63) is 33.1 Å². The fourth-order valence-electron chi connectivity index (χ4n) is 2.21. The van der Waals surface area contributed by atoms with Gasteiger partial charge in [-0.1, -0.05) is 0 Å². The van der Waals surface area contributed by atoms with E-state index in [0.29, 0.717) is 0 Å². The van der Waals surface area contributed by atoms with Gasteiger partial charge in [-0.3, -0.25) is 18.9 Å². The molecule has 2 heterocycles. The number of hydrogen-bond donors (Lipinski definition) is 5. The summed E-state index contributed by atoms with van der Waals surface area (Å²) >= 11 is 0. The van der Waals surface area contributed by atoms with Crippen LogP contribution in [0.2, 0.25) is 0 Å². The third-order valence-corrected chi connectivity index (χ3v) is 7.04. The normalized spacial score (nSPS) is 27.8. The van der Waals surface area contributed by atoms with Crippen molar-refractivity contribution in [3.8, 4) is 0 Å². The molecule has 15 nitrogen and oxygen atoms in total. The Morgan fingerprint density at radius 2 is 1.78 bits per heavy atom. The van der Waals surface area contributed by atoms with Crippen molar-refractivity contribution in [1.29, 1.82) is 0 Å². The van der Waals surface area contributed by atoms with Gasteiger partial charge in [0.25, 0.3) is 5.56 Å². The molecule has 0 saturated carbocycles. The van der Waals surface area contributed by atoms with Gasteiger partial charge in [-0.2, -0.15) is 8.62 Å². The lowest BCUT2D eigenvalue weighted by molar-refractivity contribution is -0.0102. The minimum Gasteiger partial charge on any atom is -0.352 e. The van der Waals surface area contributed by atoms with E-state index in [-0.39, 0.29) is 6.42 Å². The molecule has 2 unspecified atom stereocenters. The Labute approximate surface area is 150 Å². The average Bonchev–Trinajstić information content (AvgIpc) is 2.74. The van der Waals surface area contributed by atoms with Crippen LogP contribution in [0.5, 0.6) is 0 Å². The molecule has 5 atom stereocenters. The van der Waals surface area contributed by atoms with Crippen molar-refractivity contribution in [1.82, 2.24) is 9.55 Å². The van der Waals surface area contributed by atoms with Gasteiger partial charge in [-0.15, -0.1) is 0 Å². The standard InChI is InChI=1S/C9H15N2O13P3/c1-5-6(4-8(21-5)11-3-2-7(12)10-9(11)13)22-26(17,18)24-27(19,20)23-25(14,15)16/h2-3,5-6,8H,4H2,1H3,(H,17,18)(H,19,20)(H,10,12,13)(H2,14,15,16)/t5-,6+,8-/m1/s1. The number of ether oxygens (including phenoxy) is 1. The number of aromatic nitrogens is 2. The van der Waals surface area contributed by atoms with Crippen LogP contribution in [-0.2, 0) is 31.6 Å². The van der Waals surface area contributed by atoms with E-state index >= 15 is 0 Å². The van der Waals surface area contributed by atoms with Crippen LogP contribution in [0.4, 0.5) is 0 Å². The van der Waals surface area contributed by atoms with E-state index in [9.17, 15) is 28.2 Å². The Balaban J connectivity index is 2.09. The molecule has 18 heteroatoms. The Morgan fingerprint density at radius 3 is 2.33 bits per heavy atom. The predicted octanol–water partition coefficient (Wildman–Crippen LogP) is -0.444. The van der Waals surface area contributed by atoms with Gasteiger partial charge < -0.3 is 24.3 Å². The molecule has 0 amide bonds. The van der Waals surface area contributed by atoms with E-state index in [1.54, 1.807) is 0 Å². The molecule has 1 aromatic rings. The van der Waals surface area contributed by atoms with Gasteiger partial charge in [-0.05, 0) is 6.92 Å². The van der Waals surface area contributed by atoms with Gasteiger partial charge in [0.1, 0.15) is 6.23 Å². The predicted molar refractivity (Wildman–Crippen MR) is 84.3 cm³/mol. The van der Waals surface area contributed by atoms with Crippen molar-refractivity contribution in [3.63, 3.8) is 0 Å². The molecule has 0 bridgehead atoms. The van der Waals surface area contributed by atoms with Crippen LogP contribution in [0.3, 0.4) is 0 Å². The van der Waals surface area contributed by atoms with Crippen molar-refractivity contribution < 1.29 is 51.2 Å². The smallest absolute Gasteiger partial charge is 0.352 e. The van der Waals surface area contributed by atoms with E-state index in [4.69, 9.17) is 19.4 Å². The van der Waals surface area contributed by atoms with Crippen molar-refractivity contribution >= 4 is 23.5 Å². The van der Waals surface area contributed by atoms with E-state index < -0.39 is 53.2 Å². The molecule has 27 heavy (non-hydrogen) atoms. The molecule has 0 spiro atoms. The molecule has 5 N–H and O–H groups in total. The molecule has 1 aromatic heterocycles. The van der Waals surface area contributed by atoms with E-state index in [1.165, 1.54) is 6.92 Å². The molecule has 1 fully saturated rings. The quantitative estimate of drug-likeness (QED) is 0.331. The minimum atomic E-state index is -5.64. The highest BCUT2D eigenvalue weighted by atomic mass is 31.3. The second-order valence-corrected chi connectivity index (χ2v) is 9.66. The Hall–Kier alpha value is -0.950.